The van der Waals surface area contributed by atoms with Crippen LogP contribution in [0.3, 0.4) is 0 Å². The van der Waals surface area contributed by atoms with Crippen LogP contribution in [0.5, 0.6) is 0 Å². The van der Waals surface area contributed by atoms with Gasteiger partial charge in [0.15, 0.2) is 0 Å². The molecule has 0 aliphatic heterocycles. The molecular formula is C13H27NO. The number of hydrogen-bond donors (Lipinski definition) is 1. The van der Waals surface area contributed by atoms with E-state index in [0.717, 1.165) is 6.04 Å². The van der Waals surface area contributed by atoms with E-state index in [1.807, 2.05) is 7.11 Å². The smallest absolute Gasteiger partial charge is 0.0572 e. The van der Waals surface area contributed by atoms with E-state index in [9.17, 15) is 0 Å². The number of nitrogens with one attached hydrogen (secondary N) is 1. The van der Waals surface area contributed by atoms with E-state index in [1.165, 1.54) is 57.9 Å². The number of hydrogen-bond acceptors (Lipinski definition) is 2. The number of methoxy groups -OCH3 is 1. The topological polar surface area (TPSA) is 21.3 Å². The molecule has 2 nitrogen and oxygen atoms in total. The maximum atomic E-state index is 5.37. The second-order valence-electron chi connectivity index (χ2n) is 4.72. The van der Waals surface area contributed by atoms with E-state index in [0.29, 0.717) is 6.10 Å². The minimum Gasteiger partial charge on any atom is -0.381 e. The van der Waals surface area contributed by atoms with E-state index >= 15 is 0 Å². The van der Waals surface area contributed by atoms with Crippen molar-refractivity contribution in [2.24, 2.45) is 0 Å². The molecule has 1 rings (SSSR count). The second-order valence-corrected chi connectivity index (χ2v) is 4.72. The quantitative estimate of drug-likeness (QED) is 0.656. The monoisotopic (exact) mass is 213 g/mol. The van der Waals surface area contributed by atoms with Crippen LogP contribution in [0.2, 0.25) is 0 Å². The van der Waals surface area contributed by atoms with E-state index in [4.69, 9.17) is 4.74 Å². The van der Waals surface area contributed by atoms with Gasteiger partial charge in [-0.05, 0) is 38.6 Å². The Kier molecular flexibility index (Phi) is 7.03. The molecule has 15 heavy (non-hydrogen) atoms. The third-order valence-electron chi connectivity index (χ3n) is 3.47. The summed E-state index contributed by atoms with van der Waals surface area (Å²) in [5.74, 6) is 0. The third-order valence-corrected chi connectivity index (χ3v) is 3.47. The molecule has 0 aromatic heterocycles. The van der Waals surface area contributed by atoms with E-state index in [1.54, 1.807) is 0 Å². The van der Waals surface area contributed by atoms with Gasteiger partial charge in [-0.25, -0.2) is 0 Å². The molecule has 1 aliphatic carbocycles. The molecule has 0 atom stereocenters. The third kappa shape index (κ3) is 5.53. The highest BCUT2D eigenvalue weighted by Gasteiger charge is 2.19. The number of ether oxygens (including phenoxy) is 1. The lowest BCUT2D eigenvalue weighted by Gasteiger charge is -2.28. The highest BCUT2D eigenvalue weighted by molar-refractivity contribution is 4.77. The fourth-order valence-electron chi connectivity index (χ4n) is 2.36. The fourth-order valence-corrected chi connectivity index (χ4v) is 2.36. The first kappa shape index (κ1) is 13.0. The maximum Gasteiger partial charge on any atom is 0.0572 e. The molecule has 1 saturated carbocycles. The SMILES string of the molecule is CCCCCCNC1CCC(OC)CC1. The van der Waals surface area contributed by atoms with Crippen LogP contribution in [0.1, 0.15) is 58.3 Å². The highest BCUT2D eigenvalue weighted by Crippen LogP contribution is 2.20. The zero-order chi connectivity index (χ0) is 10.9. The van der Waals surface area contributed by atoms with Crippen molar-refractivity contribution in [1.29, 1.82) is 0 Å². The first-order valence-electron chi connectivity index (χ1n) is 6.63. The molecule has 0 aromatic carbocycles. The van der Waals surface area contributed by atoms with Gasteiger partial charge >= 0.3 is 0 Å². The van der Waals surface area contributed by atoms with Crippen molar-refractivity contribution in [2.45, 2.75) is 70.4 Å². The van der Waals surface area contributed by atoms with Crippen LogP contribution >= 0.6 is 0 Å². The fraction of sp³-hybridized carbons (Fsp3) is 1.00. The summed E-state index contributed by atoms with van der Waals surface area (Å²) in [5.41, 5.74) is 0. The summed E-state index contributed by atoms with van der Waals surface area (Å²) in [6, 6.07) is 0.762. The first-order chi connectivity index (χ1) is 7.36. The molecule has 0 saturated heterocycles. The van der Waals surface area contributed by atoms with Gasteiger partial charge in [0.25, 0.3) is 0 Å². The van der Waals surface area contributed by atoms with Crippen molar-refractivity contribution in [1.82, 2.24) is 5.32 Å². The summed E-state index contributed by atoms with van der Waals surface area (Å²) < 4.78 is 5.37. The Bertz CT molecular complexity index is 141. The van der Waals surface area contributed by atoms with Gasteiger partial charge in [0.05, 0.1) is 6.10 Å². The summed E-state index contributed by atoms with van der Waals surface area (Å²) in [7, 11) is 1.84. The summed E-state index contributed by atoms with van der Waals surface area (Å²) >= 11 is 0. The summed E-state index contributed by atoms with van der Waals surface area (Å²) in [6.07, 6.45) is 11.1. The Labute approximate surface area is 94.8 Å². The Morgan fingerprint density at radius 3 is 2.40 bits per heavy atom. The molecule has 2 heteroatoms. The van der Waals surface area contributed by atoms with Crippen LogP contribution in [0.4, 0.5) is 0 Å². The molecule has 0 amide bonds. The Hall–Kier alpha value is -0.0800. The Morgan fingerprint density at radius 1 is 1.07 bits per heavy atom. The Morgan fingerprint density at radius 2 is 1.80 bits per heavy atom. The molecule has 1 fully saturated rings. The molecule has 1 aliphatic rings. The van der Waals surface area contributed by atoms with Crippen LogP contribution in [0, 0.1) is 0 Å². The molecule has 0 spiro atoms. The van der Waals surface area contributed by atoms with Crippen molar-refractivity contribution >= 4 is 0 Å². The molecule has 0 unspecified atom stereocenters. The zero-order valence-electron chi connectivity index (χ0n) is 10.4. The second kappa shape index (κ2) is 8.12. The predicted octanol–water partition coefficient (Wildman–Crippen LogP) is 3.11. The van der Waals surface area contributed by atoms with Crippen LogP contribution in [0.15, 0.2) is 0 Å². The molecule has 0 heterocycles. The maximum absolute atomic E-state index is 5.37. The minimum absolute atomic E-state index is 0.531. The average molecular weight is 213 g/mol. The molecular weight excluding hydrogens is 186 g/mol. The van der Waals surface area contributed by atoms with Crippen LogP contribution in [-0.4, -0.2) is 25.8 Å². The van der Waals surface area contributed by atoms with Gasteiger partial charge in [0, 0.05) is 13.2 Å². The summed E-state index contributed by atoms with van der Waals surface area (Å²) in [6.45, 7) is 3.47. The predicted molar refractivity (Wildman–Crippen MR) is 65.2 cm³/mol. The molecule has 1 N–H and O–H groups in total. The summed E-state index contributed by atoms with van der Waals surface area (Å²) in [5, 5.41) is 3.67. The van der Waals surface area contributed by atoms with E-state index in [2.05, 4.69) is 12.2 Å². The molecule has 90 valence electrons. The van der Waals surface area contributed by atoms with Crippen LogP contribution in [0.25, 0.3) is 0 Å². The number of unbranched alkanes of at least 4 members (excludes halogenated alkanes) is 3. The van der Waals surface area contributed by atoms with Gasteiger partial charge in [-0.15, -0.1) is 0 Å². The molecule has 0 aromatic rings. The lowest BCUT2D eigenvalue weighted by Crippen LogP contribution is -2.35. The van der Waals surface area contributed by atoms with Gasteiger partial charge in [0.2, 0.25) is 0 Å². The minimum atomic E-state index is 0.531. The highest BCUT2D eigenvalue weighted by atomic mass is 16.5. The standard InChI is InChI=1S/C13H27NO/c1-3-4-5-6-11-14-12-7-9-13(15-2)10-8-12/h12-14H,3-11H2,1-2H3. The van der Waals surface area contributed by atoms with Crippen LogP contribution < -0.4 is 5.32 Å². The van der Waals surface area contributed by atoms with Crippen molar-refractivity contribution in [3.8, 4) is 0 Å². The van der Waals surface area contributed by atoms with E-state index < -0.39 is 0 Å². The largest absolute Gasteiger partial charge is 0.381 e. The van der Waals surface area contributed by atoms with Crippen molar-refractivity contribution in [2.75, 3.05) is 13.7 Å². The summed E-state index contributed by atoms with van der Waals surface area (Å²) in [4.78, 5) is 0. The lowest BCUT2D eigenvalue weighted by atomic mass is 9.93. The van der Waals surface area contributed by atoms with Crippen molar-refractivity contribution < 1.29 is 4.74 Å². The Balaban J connectivity index is 1.94. The lowest BCUT2D eigenvalue weighted by molar-refractivity contribution is 0.0625. The molecule has 0 bridgehead atoms. The normalized spacial score (nSPS) is 26.8. The van der Waals surface area contributed by atoms with Gasteiger partial charge in [-0.3, -0.25) is 0 Å². The molecule has 0 radical (unpaired) electrons. The van der Waals surface area contributed by atoms with Gasteiger partial charge < -0.3 is 10.1 Å². The zero-order valence-corrected chi connectivity index (χ0v) is 10.4. The number of rotatable bonds is 7. The van der Waals surface area contributed by atoms with Gasteiger partial charge in [-0.1, -0.05) is 26.2 Å². The van der Waals surface area contributed by atoms with Crippen molar-refractivity contribution in [3.05, 3.63) is 0 Å². The average Bonchev–Trinajstić information content (AvgIpc) is 2.30. The van der Waals surface area contributed by atoms with E-state index in [-0.39, 0.29) is 0 Å². The van der Waals surface area contributed by atoms with Gasteiger partial charge in [-0.2, -0.15) is 0 Å². The van der Waals surface area contributed by atoms with Crippen LogP contribution in [-0.2, 0) is 4.74 Å². The van der Waals surface area contributed by atoms with Crippen molar-refractivity contribution in [3.63, 3.8) is 0 Å². The van der Waals surface area contributed by atoms with Gasteiger partial charge in [0.1, 0.15) is 0 Å². The first-order valence-corrected chi connectivity index (χ1v) is 6.63.